The number of hydrogen-bond acceptors (Lipinski definition) is 6. The summed E-state index contributed by atoms with van der Waals surface area (Å²) >= 11 is 0. The Morgan fingerprint density at radius 2 is 1.57 bits per heavy atom. The van der Waals surface area contributed by atoms with Crippen LogP contribution in [0.15, 0.2) is 59.3 Å². The maximum absolute atomic E-state index is 13.6. The van der Waals surface area contributed by atoms with Crippen molar-refractivity contribution in [3.05, 3.63) is 60.7 Å². The molecule has 0 bridgehead atoms. The van der Waals surface area contributed by atoms with Gasteiger partial charge in [-0.3, -0.25) is 0 Å². The SMILES string of the molecule is CN1CCN(c2ncnc3oc(-c4ccc(N)cc4)c(-c4ccc(F)cc4)c23)CC1. The van der Waals surface area contributed by atoms with Crippen molar-refractivity contribution in [1.29, 1.82) is 0 Å². The van der Waals surface area contributed by atoms with E-state index in [4.69, 9.17) is 10.2 Å². The quantitative estimate of drug-likeness (QED) is 0.521. The first-order chi connectivity index (χ1) is 14.6. The van der Waals surface area contributed by atoms with Crippen molar-refractivity contribution in [2.75, 3.05) is 43.9 Å². The van der Waals surface area contributed by atoms with E-state index in [-0.39, 0.29) is 5.82 Å². The summed E-state index contributed by atoms with van der Waals surface area (Å²) in [6.45, 7) is 3.65. The molecule has 0 saturated carbocycles. The lowest BCUT2D eigenvalue weighted by Crippen LogP contribution is -2.44. The first kappa shape index (κ1) is 18.6. The summed E-state index contributed by atoms with van der Waals surface area (Å²) in [4.78, 5) is 13.6. The minimum atomic E-state index is -0.281. The molecule has 0 atom stereocenters. The second-order valence-corrected chi connectivity index (χ2v) is 7.60. The summed E-state index contributed by atoms with van der Waals surface area (Å²) in [6.07, 6.45) is 1.54. The van der Waals surface area contributed by atoms with Crippen LogP contribution in [0.25, 0.3) is 33.6 Å². The molecule has 0 radical (unpaired) electrons. The molecule has 0 unspecified atom stereocenters. The predicted molar refractivity (Wildman–Crippen MR) is 117 cm³/mol. The van der Waals surface area contributed by atoms with Crippen LogP contribution in [-0.4, -0.2) is 48.1 Å². The zero-order chi connectivity index (χ0) is 20.7. The fraction of sp³-hybridized carbons (Fsp3) is 0.217. The van der Waals surface area contributed by atoms with Gasteiger partial charge in [-0.2, -0.15) is 0 Å². The van der Waals surface area contributed by atoms with E-state index >= 15 is 0 Å². The van der Waals surface area contributed by atoms with Crippen molar-refractivity contribution in [3.8, 4) is 22.5 Å². The molecule has 0 amide bonds. The van der Waals surface area contributed by atoms with Crippen molar-refractivity contribution in [1.82, 2.24) is 14.9 Å². The third-order valence-electron chi connectivity index (χ3n) is 5.58. The number of nitrogens with zero attached hydrogens (tertiary/aromatic N) is 4. The lowest BCUT2D eigenvalue weighted by Gasteiger charge is -2.33. The Morgan fingerprint density at radius 3 is 2.27 bits per heavy atom. The molecule has 0 spiro atoms. The highest BCUT2D eigenvalue weighted by atomic mass is 19.1. The average molecular weight is 403 g/mol. The van der Waals surface area contributed by atoms with Gasteiger partial charge in [-0.15, -0.1) is 0 Å². The molecule has 152 valence electrons. The Hall–Kier alpha value is -3.45. The van der Waals surface area contributed by atoms with Crippen LogP contribution in [0.5, 0.6) is 0 Å². The maximum Gasteiger partial charge on any atom is 0.232 e. The van der Waals surface area contributed by atoms with Gasteiger partial charge < -0.3 is 20.0 Å². The number of hydrogen-bond donors (Lipinski definition) is 1. The van der Waals surface area contributed by atoms with Crippen molar-refractivity contribution >= 4 is 22.6 Å². The fourth-order valence-electron chi connectivity index (χ4n) is 3.91. The average Bonchev–Trinajstić information content (AvgIpc) is 3.15. The van der Waals surface area contributed by atoms with E-state index in [2.05, 4.69) is 26.8 Å². The molecule has 1 aliphatic rings. The van der Waals surface area contributed by atoms with Crippen LogP contribution in [0.2, 0.25) is 0 Å². The molecule has 6 nitrogen and oxygen atoms in total. The van der Waals surface area contributed by atoms with Gasteiger partial charge in [-0.25, -0.2) is 14.4 Å². The number of furan rings is 1. The van der Waals surface area contributed by atoms with Gasteiger partial charge >= 0.3 is 0 Å². The van der Waals surface area contributed by atoms with Gasteiger partial charge in [0.1, 0.15) is 23.7 Å². The Bertz CT molecular complexity index is 1180. The Kier molecular flexibility index (Phi) is 4.59. The van der Waals surface area contributed by atoms with E-state index in [0.717, 1.165) is 54.1 Å². The second kappa shape index (κ2) is 7.42. The van der Waals surface area contributed by atoms with Gasteiger partial charge in [0.15, 0.2) is 0 Å². The number of halogens is 1. The number of piperazine rings is 1. The molecule has 2 aromatic carbocycles. The minimum Gasteiger partial charge on any atom is -0.437 e. The van der Waals surface area contributed by atoms with Crippen LogP contribution < -0.4 is 10.6 Å². The molecule has 1 aliphatic heterocycles. The predicted octanol–water partition coefficient (Wildman–Crippen LogP) is 4.03. The van der Waals surface area contributed by atoms with Crippen molar-refractivity contribution in [2.24, 2.45) is 0 Å². The molecular weight excluding hydrogens is 381 g/mol. The highest BCUT2D eigenvalue weighted by Crippen LogP contribution is 2.43. The summed E-state index contributed by atoms with van der Waals surface area (Å²) < 4.78 is 19.9. The number of rotatable bonds is 3. The molecule has 30 heavy (non-hydrogen) atoms. The summed E-state index contributed by atoms with van der Waals surface area (Å²) in [5.74, 6) is 1.24. The van der Waals surface area contributed by atoms with Crippen molar-refractivity contribution < 1.29 is 8.81 Å². The summed E-state index contributed by atoms with van der Waals surface area (Å²) in [5, 5.41) is 0.848. The number of aromatic nitrogens is 2. The number of nitrogen functional groups attached to an aromatic ring is 1. The first-order valence-corrected chi connectivity index (χ1v) is 9.93. The molecule has 7 heteroatoms. The second-order valence-electron chi connectivity index (χ2n) is 7.60. The Morgan fingerprint density at radius 1 is 0.900 bits per heavy atom. The Balaban J connectivity index is 1.75. The number of anilines is 2. The zero-order valence-corrected chi connectivity index (χ0v) is 16.7. The molecule has 1 saturated heterocycles. The molecule has 3 heterocycles. The molecular formula is C23H22FN5O. The first-order valence-electron chi connectivity index (χ1n) is 9.93. The van der Waals surface area contributed by atoms with Gasteiger partial charge in [0.2, 0.25) is 5.71 Å². The third-order valence-corrected chi connectivity index (χ3v) is 5.58. The fourth-order valence-corrected chi connectivity index (χ4v) is 3.91. The molecule has 1 fully saturated rings. The van der Waals surface area contributed by atoms with Gasteiger partial charge in [0, 0.05) is 43.0 Å². The van der Waals surface area contributed by atoms with E-state index in [9.17, 15) is 4.39 Å². The molecule has 0 aliphatic carbocycles. The van der Waals surface area contributed by atoms with E-state index in [1.807, 2.05) is 24.3 Å². The van der Waals surface area contributed by atoms with Crippen LogP contribution in [0.1, 0.15) is 0 Å². The van der Waals surface area contributed by atoms with E-state index in [1.54, 1.807) is 18.5 Å². The standard InChI is InChI=1S/C23H22FN5O/c1-28-10-12-29(13-11-28)22-20-19(15-2-6-17(24)7-3-15)21(30-23(20)27-14-26-22)16-4-8-18(25)9-5-16/h2-9,14H,10-13,25H2,1H3. The van der Waals surface area contributed by atoms with Gasteiger partial charge in [0.05, 0.1) is 5.39 Å². The largest absolute Gasteiger partial charge is 0.437 e. The molecule has 5 rings (SSSR count). The number of benzene rings is 2. The number of likely N-dealkylation sites (N-methyl/N-ethyl adjacent to an activating group) is 1. The van der Waals surface area contributed by atoms with E-state index in [1.165, 1.54) is 12.1 Å². The van der Waals surface area contributed by atoms with Crippen LogP contribution >= 0.6 is 0 Å². The number of fused-ring (bicyclic) bond motifs is 1. The van der Waals surface area contributed by atoms with Crippen LogP contribution in [-0.2, 0) is 0 Å². The van der Waals surface area contributed by atoms with Gasteiger partial charge in [-0.1, -0.05) is 12.1 Å². The van der Waals surface area contributed by atoms with E-state index in [0.29, 0.717) is 17.2 Å². The topological polar surface area (TPSA) is 71.4 Å². The maximum atomic E-state index is 13.6. The smallest absolute Gasteiger partial charge is 0.232 e. The van der Waals surface area contributed by atoms with Gasteiger partial charge in [0.25, 0.3) is 0 Å². The normalized spacial score (nSPS) is 15.1. The third kappa shape index (κ3) is 3.27. The molecule has 4 aromatic rings. The summed E-state index contributed by atoms with van der Waals surface area (Å²) in [6, 6.07) is 14.0. The van der Waals surface area contributed by atoms with Crippen LogP contribution in [0, 0.1) is 5.82 Å². The lowest BCUT2D eigenvalue weighted by molar-refractivity contribution is 0.312. The highest BCUT2D eigenvalue weighted by Gasteiger charge is 2.26. The van der Waals surface area contributed by atoms with Crippen LogP contribution in [0.4, 0.5) is 15.9 Å². The summed E-state index contributed by atoms with van der Waals surface area (Å²) in [5.41, 5.74) is 9.67. The highest BCUT2D eigenvalue weighted by molar-refractivity contribution is 6.06. The molecule has 2 aromatic heterocycles. The number of nitrogens with two attached hydrogens (primary N) is 1. The molecule has 2 N–H and O–H groups in total. The van der Waals surface area contributed by atoms with Crippen LogP contribution in [0.3, 0.4) is 0 Å². The lowest BCUT2D eigenvalue weighted by atomic mass is 9.99. The monoisotopic (exact) mass is 403 g/mol. The van der Waals surface area contributed by atoms with E-state index < -0.39 is 0 Å². The van der Waals surface area contributed by atoms with Crippen molar-refractivity contribution in [3.63, 3.8) is 0 Å². The van der Waals surface area contributed by atoms with Crippen molar-refractivity contribution in [2.45, 2.75) is 0 Å². The Labute approximate surface area is 173 Å². The minimum absolute atomic E-state index is 0.281. The zero-order valence-electron chi connectivity index (χ0n) is 16.7. The summed E-state index contributed by atoms with van der Waals surface area (Å²) in [7, 11) is 2.12. The van der Waals surface area contributed by atoms with Gasteiger partial charge in [-0.05, 0) is 49.0 Å².